The topological polar surface area (TPSA) is 70.2 Å². The number of rotatable bonds is 7. The normalized spacial score (nSPS) is 11.3. The summed E-state index contributed by atoms with van der Waals surface area (Å²) < 4.78 is 10.2. The van der Waals surface area contributed by atoms with E-state index in [2.05, 4.69) is 19.2 Å². The molecule has 4 rings (SSSR count). The molecule has 0 saturated carbocycles. The van der Waals surface area contributed by atoms with Gasteiger partial charge in [0.2, 0.25) is 0 Å². The van der Waals surface area contributed by atoms with E-state index in [4.69, 9.17) is 4.74 Å². The maximum Gasteiger partial charge on any atom is 0.331 e. The Labute approximate surface area is 186 Å². The van der Waals surface area contributed by atoms with Crippen LogP contribution in [0.3, 0.4) is 0 Å². The Morgan fingerprint density at radius 1 is 1.00 bits per heavy atom. The first-order chi connectivity index (χ1) is 15.4. The molecule has 0 radical (unpaired) electrons. The summed E-state index contributed by atoms with van der Waals surface area (Å²) in [5, 5.41) is 3.97. The van der Waals surface area contributed by atoms with Crippen LogP contribution in [0.2, 0.25) is 0 Å². The first-order valence-electron chi connectivity index (χ1n) is 10.7. The number of hydrogen-bond donors (Lipinski definition) is 1. The van der Waals surface area contributed by atoms with Crippen LogP contribution in [-0.2, 0) is 20.1 Å². The number of benzene rings is 2. The number of nitrogens with one attached hydrogen (secondary N) is 1. The Kier molecular flexibility index (Phi) is 5.90. The van der Waals surface area contributed by atoms with E-state index in [9.17, 15) is 9.59 Å². The molecular weight excluding hydrogens is 404 g/mol. The van der Waals surface area contributed by atoms with Gasteiger partial charge in [0.1, 0.15) is 17.1 Å². The monoisotopic (exact) mass is 432 g/mol. The van der Waals surface area contributed by atoms with Crippen LogP contribution in [0, 0.1) is 5.92 Å². The molecule has 0 fully saturated rings. The van der Waals surface area contributed by atoms with Crippen molar-refractivity contribution in [3.05, 3.63) is 87.2 Å². The van der Waals surface area contributed by atoms with Crippen molar-refractivity contribution < 1.29 is 4.74 Å². The van der Waals surface area contributed by atoms with Crippen LogP contribution in [0.5, 0.6) is 5.75 Å². The second-order valence-corrected chi connectivity index (χ2v) is 8.36. The molecule has 166 valence electrons. The Bertz CT molecular complexity index is 1350. The predicted molar refractivity (Wildman–Crippen MR) is 128 cm³/mol. The zero-order valence-electron chi connectivity index (χ0n) is 18.8. The van der Waals surface area contributed by atoms with E-state index >= 15 is 0 Å². The van der Waals surface area contributed by atoms with Crippen molar-refractivity contribution in [3.8, 4) is 5.75 Å². The molecule has 1 N–H and O–H groups in total. The number of para-hydroxylation sites is 1. The molecule has 0 bridgehead atoms. The minimum absolute atomic E-state index is 0.239. The fourth-order valence-electron chi connectivity index (χ4n) is 3.90. The molecule has 0 saturated heterocycles. The van der Waals surface area contributed by atoms with Gasteiger partial charge in [-0.2, -0.15) is 0 Å². The van der Waals surface area contributed by atoms with Gasteiger partial charge in [0.15, 0.2) is 0 Å². The van der Waals surface area contributed by atoms with Crippen molar-refractivity contribution in [2.24, 2.45) is 13.0 Å². The number of methoxy groups -OCH3 is 1. The standard InChI is InChI=1S/C25H28N4O3/c1-17(2)14-29-22-21(24(30)27(3)25(29)31)16-28(15-18-10-12-20(32-4)13-11-18)23(22)26-19-8-6-5-7-9-19/h5-13,16-17,26H,14-15H2,1-4H3. The lowest BCUT2D eigenvalue weighted by Crippen LogP contribution is -2.38. The molecule has 0 aliphatic rings. The molecule has 0 aliphatic carbocycles. The van der Waals surface area contributed by atoms with Crippen LogP contribution in [0.25, 0.3) is 10.9 Å². The first kappa shape index (κ1) is 21.5. The van der Waals surface area contributed by atoms with E-state index in [1.165, 1.54) is 11.6 Å². The van der Waals surface area contributed by atoms with Crippen LogP contribution in [0.15, 0.2) is 70.4 Å². The molecule has 7 nitrogen and oxygen atoms in total. The fourth-order valence-corrected chi connectivity index (χ4v) is 3.90. The molecule has 0 unspecified atom stereocenters. The largest absolute Gasteiger partial charge is 0.497 e. The van der Waals surface area contributed by atoms with Gasteiger partial charge in [-0.15, -0.1) is 0 Å². The summed E-state index contributed by atoms with van der Waals surface area (Å²) in [6, 6.07) is 17.6. The number of fused-ring (bicyclic) bond motifs is 1. The van der Waals surface area contributed by atoms with Crippen LogP contribution >= 0.6 is 0 Å². The highest BCUT2D eigenvalue weighted by Crippen LogP contribution is 2.28. The van der Waals surface area contributed by atoms with Gasteiger partial charge in [0.05, 0.1) is 12.5 Å². The van der Waals surface area contributed by atoms with Crippen molar-refractivity contribution in [2.45, 2.75) is 26.9 Å². The second-order valence-electron chi connectivity index (χ2n) is 8.36. The third-order valence-electron chi connectivity index (χ3n) is 5.47. The SMILES string of the molecule is COc1ccc(Cn2cc3c(=O)n(C)c(=O)n(CC(C)C)c3c2Nc2ccccc2)cc1. The maximum atomic E-state index is 13.1. The van der Waals surface area contributed by atoms with Crippen LogP contribution < -0.4 is 21.3 Å². The van der Waals surface area contributed by atoms with Gasteiger partial charge < -0.3 is 14.6 Å². The highest BCUT2D eigenvalue weighted by Gasteiger charge is 2.20. The molecule has 4 aromatic rings. The third-order valence-corrected chi connectivity index (χ3v) is 5.47. The number of ether oxygens (including phenoxy) is 1. The lowest BCUT2D eigenvalue weighted by atomic mass is 10.2. The number of anilines is 2. The summed E-state index contributed by atoms with van der Waals surface area (Å²) in [6.45, 7) is 5.16. The molecular formula is C25H28N4O3. The summed E-state index contributed by atoms with van der Waals surface area (Å²) in [7, 11) is 3.17. The van der Waals surface area contributed by atoms with E-state index in [-0.39, 0.29) is 17.2 Å². The Balaban J connectivity index is 1.95. The van der Waals surface area contributed by atoms with Gasteiger partial charge in [-0.1, -0.05) is 44.2 Å². The minimum Gasteiger partial charge on any atom is -0.497 e. The van der Waals surface area contributed by atoms with Crippen LogP contribution in [0.1, 0.15) is 19.4 Å². The molecule has 0 spiro atoms. The number of aromatic nitrogens is 3. The van der Waals surface area contributed by atoms with E-state index < -0.39 is 0 Å². The molecule has 2 aromatic heterocycles. The smallest absolute Gasteiger partial charge is 0.331 e. The summed E-state index contributed by atoms with van der Waals surface area (Å²) in [6.07, 6.45) is 1.84. The molecule has 2 aromatic carbocycles. The molecule has 0 amide bonds. The molecule has 7 heteroatoms. The Morgan fingerprint density at radius 2 is 1.69 bits per heavy atom. The van der Waals surface area contributed by atoms with E-state index in [1.807, 2.05) is 65.4 Å². The Morgan fingerprint density at radius 3 is 2.31 bits per heavy atom. The van der Waals surface area contributed by atoms with Gasteiger partial charge in [-0.3, -0.25) is 13.9 Å². The van der Waals surface area contributed by atoms with Gasteiger partial charge >= 0.3 is 5.69 Å². The lowest BCUT2D eigenvalue weighted by molar-refractivity contribution is 0.414. The van der Waals surface area contributed by atoms with Gasteiger partial charge in [-0.25, -0.2) is 4.79 Å². The highest BCUT2D eigenvalue weighted by atomic mass is 16.5. The van der Waals surface area contributed by atoms with E-state index in [0.29, 0.717) is 24.0 Å². The average Bonchev–Trinajstić information content (AvgIpc) is 3.14. The maximum absolute atomic E-state index is 13.1. The summed E-state index contributed by atoms with van der Waals surface area (Å²) in [5.74, 6) is 1.74. The molecule has 2 heterocycles. The highest BCUT2D eigenvalue weighted by molar-refractivity contribution is 5.91. The third kappa shape index (κ3) is 4.06. The van der Waals surface area contributed by atoms with Crippen molar-refractivity contribution in [1.82, 2.24) is 13.7 Å². The molecule has 32 heavy (non-hydrogen) atoms. The quantitative estimate of drug-likeness (QED) is 0.480. The zero-order chi connectivity index (χ0) is 22.8. The van der Waals surface area contributed by atoms with Gasteiger partial charge in [-0.05, 0) is 35.7 Å². The van der Waals surface area contributed by atoms with Crippen molar-refractivity contribution in [3.63, 3.8) is 0 Å². The number of hydrogen-bond acceptors (Lipinski definition) is 4. The first-order valence-corrected chi connectivity index (χ1v) is 10.7. The minimum atomic E-state index is -0.311. The van der Waals surface area contributed by atoms with Crippen molar-refractivity contribution in [2.75, 3.05) is 12.4 Å². The van der Waals surface area contributed by atoms with E-state index in [0.717, 1.165) is 22.8 Å². The predicted octanol–water partition coefficient (Wildman–Crippen LogP) is 3.96. The van der Waals surface area contributed by atoms with Gasteiger partial charge in [0.25, 0.3) is 5.56 Å². The zero-order valence-corrected chi connectivity index (χ0v) is 18.8. The summed E-state index contributed by atoms with van der Waals surface area (Å²) in [4.78, 5) is 26.1. The summed E-state index contributed by atoms with van der Waals surface area (Å²) >= 11 is 0. The number of nitrogens with zero attached hydrogens (tertiary/aromatic N) is 3. The molecule has 0 atom stereocenters. The average molecular weight is 433 g/mol. The summed E-state index contributed by atoms with van der Waals surface area (Å²) in [5.41, 5.74) is 1.96. The second kappa shape index (κ2) is 8.78. The van der Waals surface area contributed by atoms with Gasteiger partial charge in [0, 0.05) is 32.0 Å². The Hall–Kier alpha value is -3.74. The van der Waals surface area contributed by atoms with Crippen LogP contribution in [0.4, 0.5) is 11.5 Å². The lowest BCUT2D eigenvalue weighted by Gasteiger charge is -2.16. The van der Waals surface area contributed by atoms with Crippen LogP contribution in [-0.4, -0.2) is 20.8 Å². The van der Waals surface area contributed by atoms with E-state index in [1.54, 1.807) is 11.7 Å². The van der Waals surface area contributed by atoms with Crippen molar-refractivity contribution >= 4 is 22.4 Å². The fraction of sp³-hybridized carbons (Fsp3) is 0.280. The van der Waals surface area contributed by atoms with Crippen molar-refractivity contribution in [1.29, 1.82) is 0 Å². The molecule has 0 aliphatic heterocycles.